The fourth-order valence-corrected chi connectivity index (χ4v) is 4.10. The minimum Gasteiger partial charge on any atom is -0.478 e. The van der Waals surface area contributed by atoms with Crippen molar-refractivity contribution in [2.75, 3.05) is 0 Å². The average molecular weight is 611 g/mol. The number of carboxylic acids is 1. The summed E-state index contributed by atoms with van der Waals surface area (Å²) in [5.41, 5.74) is -0.668. The topological polar surface area (TPSA) is 129 Å². The van der Waals surface area contributed by atoms with Crippen LogP contribution in [0.1, 0.15) is 37.9 Å². The fraction of sp³-hybridized carbons (Fsp3) is 0.190. The molecule has 0 aliphatic heterocycles. The molecule has 0 bridgehead atoms. The maximum Gasteiger partial charge on any atom is 0.461 e. The van der Waals surface area contributed by atoms with E-state index in [2.05, 4.69) is 25.5 Å². The van der Waals surface area contributed by atoms with Crippen molar-refractivity contribution in [1.82, 2.24) is 35.0 Å². The van der Waals surface area contributed by atoms with Gasteiger partial charge in [0.05, 0.1) is 16.3 Å². The molecule has 0 fully saturated rings. The molecule has 10 nitrogen and oxygen atoms in total. The molecule has 3 aromatic heterocycles. The highest BCUT2D eigenvalue weighted by molar-refractivity contribution is 6.36. The van der Waals surface area contributed by atoms with E-state index in [-0.39, 0.29) is 43.4 Å². The van der Waals surface area contributed by atoms with Crippen molar-refractivity contribution in [3.8, 4) is 5.82 Å². The minimum absolute atomic E-state index is 0.0250. The summed E-state index contributed by atoms with van der Waals surface area (Å²) in [5, 5.41) is 22.7. The van der Waals surface area contributed by atoms with Crippen molar-refractivity contribution in [2.45, 2.75) is 25.1 Å². The lowest BCUT2D eigenvalue weighted by molar-refractivity contribution is -0.292. The third-order valence-electron chi connectivity index (χ3n) is 5.11. The molecule has 39 heavy (non-hydrogen) atoms. The second kappa shape index (κ2) is 10.5. The number of hydrogen-bond acceptors (Lipinski definition) is 7. The maximum absolute atomic E-state index is 13.6. The molecule has 204 valence electrons. The van der Waals surface area contributed by atoms with Gasteiger partial charge in [-0.1, -0.05) is 34.8 Å². The number of hydrogen-bond donors (Lipinski definition) is 1. The smallest absolute Gasteiger partial charge is 0.461 e. The number of alkyl halides is 5. The zero-order valence-electron chi connectivity index (χ0n) is 18.8. The number of halogens is 8. The number of rotatable bonds is 8. The van der Waals surface area contributed by atoms with Crippen LogP contribution in [0.15, 0.2) is 36.5 Å². The van der Waals surface area contributed by atoms with Crippen molar-refractivity contribution in [2.24, 2.45) is 0 Å². The highest BCUT2D eigenvalue weighted by atomic mass is 35.5. The molecule has 0 saturated carbocycles. The van der Waals surface area contributed by atoms with Crippen LogP contribution in [0.5, 0.6) is 0 Å². The Labute approximate surface area is 228 Å². The Hall–Kier alpha value is -3.69. The van der Waals surface area contributed by atoms with E-state index in [1.54, 1.807) is 0 Å². The Bertz CT molecular complexity index is 1590. The normalized spacial score (nSPS) is 12.1. The molecular weight excluding hydrogens is 600 g/mol. The van der Waals surface area contributed by atoms with Gasteiger partial charge in [0.25, 0.3) is 5.82 Å². The largest absolute Gasteiger partial charge is 0.478 e. The average Bonchev–Trinajstić information content (AvgIpc) is 3.48. The van der Waals surface area contributed by atoms with E-state index in [4.69, 9.17) is 34.8 Å². The fourth-order valence-electron chi connectivity index (χ4n) is 3.33. The van der Waals surface area contributed by atoms with E-state index in [0.29, 0.717) is 4.80 Å². The number of carboxylic acid groups (broad SMARTS) is 1. The van der Waals surface area contributed by atoms with Gasteiger partial charge in [-0.15, -0.1) is 10.2 Å². The van der Waals surface area contributed by atoms with Gasteiger partial charge >= 0.3 is 18.1 Å². The molecule has 0 radical (unpaired) electrons. The zero-order valence-corrected chi connectivity index (χ0v) is 21.1. The molecule has 0 unspecified atom stereocenters. The van der Waals surface area contributed by atoms with Crippen LogP contribution in [-0.4, -0.2) is 58.0 Å². The molecule has 0 aliphatic carbocycles. The van der Waals surface area contributed by atoms with E-state index in [1.807, 2.05) is 0 Å². The quantitative estimate of drug-likeness (QED) is 0.217. The summed E-state index contributed by atoms with van der Waals surface area (Å²) in [4.78, 5) is 29.5. The number of carbonyl (C=O) groups excluding carboxylic acids is 1. The Balaban J connectivity index is 1.74. The third-order valence-corrected chi connectivity index (χ3v) is 5.96. The van der Waals surface area contributed by atoms with Gasteiger partial charge in [0.2, 0.25) is 0 Å². The van der Waals surface area contributed by atoms with Gasteiger partial charge in [0.1, 0.15) is 12.2 Å². The lowest BCUT2D eigenvalue weighted by atomic mass is 10.0. The molecule has 4 aromatic rings. The van der Waals surface area contributed by atoms with Gasteiger partial charge in [-0.2, -0.15) is 31.8 Å². The summed E-state index contributed by atoms with van der Waals surface area (Å²) < 4.78 is 66.0. The number of benzene rings is 1. The SMILES string of the molecule is O=C(O)c1cc(Cl)cc(Cl)c1CC(=O)c1cc(Cn2nnc(C(F)(F)C(F)(F)F)n2)nn1-c1ncccc1Cl. The third kappa shape index (κ3) is 5.69. The predicted octanol–water partition coefficient (Wildman–Crippen LogP) is 5.04. The number of nitrogens with zero attached hydrogens (tertiary/aromatic N) is 7. The zero-order chi connectivity index (χ0) is 28.7. The first-order chi connectivity index (χ1) is 18.2. The van der Waals surface area contributed by atoms with Gasteiger partial charge in [-0.25, -0.2) is 14.5 Å². The van der Waals surface area contributed by atoms with Gasteiger partial charge in [0.15, 0.2) is 11.6 Å². The van der Waals surface area contributed by atoms with Crippen LogP contribution in [0.25, 0.3) is 5.82 Å². The lowest BCUT2D eigenvalue weighted by Gasteiger charge is -2.14. The first-order valence-corrected chi connectivity index (χ1v) is 11.5. The van der Waals surface area contributed by atoms with Gasteiger partial charge in [-0.05, 0) is 41.1 Å². The number of aromatic carboxylic acids is 1. The molecule has 0 atom stereocenters. The van der Waals surface area contributed by atoms with Crippen LogP contribution in [0, 0.1) is 0 Å². The summed E-state index contributed by atoms with van der Waals surface area (Å²) >= 11 is 18.2. The van der Waals surface area contributed by atoms with E-state index in [9.17, 15) is 36.6 Å². The van der Waals surface area contributed by atoms with Crippen LogP contribution in [-0.2, 0) is 18.9 Å². The summed E-state index contributed by atoms with van der Waals surface area (Å²) in [7, 11) is 0. The van der Waals surface area contributed by atoms with Crippen LogP contribution in [0.3, 0.4) is 0 Å². The molecule has 1 aromatic carbocycles. The molecule has 4 rings (SSSR count). The Morgan fingerprint density at radius 1 is 1.00 bits per heavy atom. The van der Waals surface area contributed by atoms with Crippen LogP contribution in [0.2, 0.25) is 15.1 Å². The monoisotopic (exact) mass is 609 g/mol. The highest BCUT2D eigenvalue weighted by Gasteiger charge is 2.62. The van der Waals surface area contributed by atoms with Crippen molar-refractivity contribution < 1.29 is 36.6 Å². The highest BCUT2D eigenvalue weighted by Crippen LogP contribution is 2.41. The summed E-state index contributed by atoms with van der Waals surface area (Å²) in [6.07, 6.45) is -5.16. The van der Waals surface area contributed by atoms with Crippen molar-refractivity contribution >= 4 is 46.6 Å². The maximum atomic E-state index is 13.6. The van der Waals surface area contributed by atoms with Crippen molar-refractivity contribution in [3.05, 3.63) is 79.9 Å². The number of tetrazole rings is 1. The minimum atomic E-state index is -5.95. The van der Waals surface area contributed by atoms with Crippen LogP contribution in [0.4, 0.5) is 22.0 Å². The summed E-state index contributed by atoms with van der Waals surface area (Å²) in [5.74, 6) is -9.39. The van der Waals surface area contributed by atoms with E-state index in [1.165, 1.54) is 24.4 Å². The Morgan fingerprint density at radius 2 is 1.72 bits per heavy atom. The van der Waals surface area contributed by atoms with Gasteiger partial charge in [0, 0.05) is 22.7 Å². The molecule has 1 N–H and O–H groups in total. The first kappa shape index (κ1) is 28.3. The molecule has 0 spiro atoms. The Kier molecular flexibility index (Phi) is 7.60. The number of pyridine rings is 1. The number of ketones is 1. The van der Waals surface area contributed by atoms with E-state index in [0.717, 1.165) is 16.8 Å². The van der Waals surface area contributed by atoms with Gasteiger partial charge < -0.3 is 5.11 Å². The second-order valence-corrected chi connectivity index (χ2v) is 9.03. The molecule has 0 amide bonds. The number of Topliss-reactive ketones (excluding diaryl/α,β-unsaturated/α-hetero) is 1. The van der Waals surface area contributed by atoms with Crippen LogP contribution < -0.4 is 0 Å². The number of aromatic nitrogens is 7. The predicted molar refractivity (Wildman–Crippen MR) is 125 cm³/mol. The van der Waals surface area contributed by atoms with E-state index >= 15 is 0 Å². The standard InChI is InChI=1S/C21H11Cl3F5N7O3/c22-9-4-12(18(38)39)11(14(24)5-9)7-16(37)15-6-10(32-36(15)17-13(23)2-1-3-30-17)8-35-33-19(31-34-35)20(25,26)21(27,28)29/h1-6H,7-8H2,(H,38,39). The lowest BCUT2D eigenvalue weighted by Crippen LogP contribution is -2.35. The van der Waals surface area contributed by atoms with Crippen LogP contribution >= 0.6 is 34.8 Å². The van der Waals surface area contributed by atoms with E-state index < -0.39 is 42.6 Å². The Morgan fingerprint density at radius 3 is 2.36 bits per heavy atom. The first-order valence-electron chi connectivity index (χ1n) is 10.4. The van der Waals surface area contributed by atoms with Crippen molar-refractivity contribution in [3.63, 3.8) is 0 Å². The molecule has 0 aliphatic rings. The molecule has 18 heteroatoms. The van der Waals surface area contributed by atoms with Crippen molar-refractivity contribution in [1.29, 1.82) is 0 Å². The summed E-state index contributed by atoms with van der Waals surface area (Å²) in [6, 6.07) is 6.44. The number of carbonyl (C=O) groups is 2. The summed E-state index contributed by atoms with van der Waals surface area (Å²) in [6.45, 7) is -0.583. The van der Waals surface area contributed by atoms with Gasteiger partial charge in [-0.3, -0.25) is 4.79 Å². The molecule has 0 saturated heterocycles. The molecular formula is C21H11Cl3F5N7O3. The second-order valence-electron chi connectivity index (χ2n) is 7.78. The molecule has 3 heterocycles.